The summed E-state index contributed by atoms with van der Waals surface area (Å²) in [6, 6.07) is 20.6. The molecule has 0 unspecified atom stereocenters. The van der Waals surface area contributed by atoms with Gasteiger partial charge in [-0.15, -0.1) is 0 Å². The number of carbonyl (C=O) groups excluding carboxylic acids is 1. The van der Waals surface area contributed by atoms with Crippen molar-refractivity contribution in [1.29, 1.82) is 0 Å². The predicted octanol–water partition coefficient (Wildman–Crippen LogP) is 6.12. The molecule has 0 spiro atoms. The highest BCUT2D eigenvalue weighted by molar-refractivity contribution is 7.98. The molecule has 3 heterocycles. The van der Waals surface area contributed by atoms with Gasteiger partial charge in [-0.1, -0.05) is 65.8 Å². The molecule has 0 aliphatic carbocycles. The first kappa shape index (κ1) is 24.1. The van der Waals surface area contributed by atoms with E-state index in [0.717, 1.165) is 81.0 Å². The van der Waals surface area contributed by atoms with Gasteiger partial charge in [-0.3, -0.25) is 4.79 Å². The Hall–Kier alpha value is -2.57. The van der Waals surface area contributed by atoms with Gasteiger partial charge in [0.1, 0.15) is 11.0 Å². The first-order chi connectivity index (χ1) is 17.1. The minimum atomic E-state index is 0.136. The van der Waals surface area contributed by atoms with E-state index < -0.39 is 0 Å². The summed E-state index contributed by atoms with van der Waals surface area (Å²) in [5.74, 6) is 2.49. The summed E-state index contributed by atoms with van der Waals surface area (Å²) in [7, 11) is 0. The Morgan fingerprint density at radius 2 is 1.63 bits per heavy atom. The second kappa shape index (κ2) is 11.4. The van der Waals surface area contributed by atoms with Crippen LogP contribution in [0.3, 0.4) is 0 Å². The Morgan fingerprint density at radius 3 is 2.34 bits per heavy atom. The average Bonchev–Trinajstić information content (AvgIpc) is 3.43. The number of amides is 1. The molecule has 35 heavy (non-hydrogen) atoms. The molecule has 2 aromatic carbocycles. The predicted molar refractivity (Wildman–Crippen MR) is 143 cm³/mol. The molecular weight excluding hydrogens is 476 g/mol. The van der Waals surface area contributed by atoms with E-state index in [0.29, 0.717) is 16.2 Å². The van der Waals surface area contributed by atoms with E-state index >= 15 is 0 Å². The van der Waals surface area contributed by atoms with E-state index in [2.05, 4.69) is 40.2 Å². The number of hydrogen-bond donors (Lipinski definition) is 0. The molecule has 182 valence electrons. The lowest BCUT2D eigenvalue weighted by molar-refractivity contribution is 0.0793. The summed E-state index contributed by atoms with van der Waals surface area (Å²) in [6.07, 6.45) is 5.66. The van der Waals surface area contributed by atoms with Gasteiger partial charge < -0.3 is 9.80 Å². The largest absolute Gasteiger partial charge is 0.356 e. The SMILES string of the molecule is O=C(c1ccc(CSc2nc(Cl)cc(N3CCC(Cc4ccccc4)CC3)n2)cc1)N1CCCC1. The molecule has 3 aromatic rings. The van der Waals surface area contributed by atoms with E-state index in [-0.39, 0.29) is 5.91 Å². The zero-order valence-corrected chi connectivity index (χ0v) is 21.5. The van der Waals surface area contributed by atoms with E-state index in [1.54, 1.807) is 11.8 Å². The van der Waals surface area contributed by atoms with Crippen molar-refractivity contribution in [2.24, 2.45) is 5.92 Å². The molecule has 7 heteroatoms. The van der Waals surface area contributed by atoms with E-state index in [1.807, 2.05) is 35.2 Å². The number of likely N-dealkylation sites (tertiary alicyclic amines) is 1. The lowest BCUT2D eigenvalue weighted by Gasteiger charge is -2.33. The van der Waals surface area contributed by atoms with Gasteiger partial charge >= 0.3 is 0 Å². The van der Waals surface area contributed by atoms with Gasteiger partial charge in [0.15, 0.2) is 5.16 Å². The zero-order valence-electron chi connectivity index (χ0n) is 19.9. The van der Waals surface area contributed by atoms with E-state index in [9.17, 15) is 4.79 Å². The quantitative estimate of drug-likeness (QED) is 0.219. The summed E-state index contributed by atoms with van der Waals surface area (Å²) in [4.78, 5) is 26.1. The molecule has 0 radical (unpaired) electrons. The lowest BCUT2D eigenvalue weighted by Crippen LogP contribution is -2.35. The van der Waals surface area contributed by atoms with Crippen LogP contribution in [0.5, 0.6) is 0 Å². The third-order valence-corrected chi connectivity index (χ3v) is 8.04. The highest BCUT2D eigenvalue weighted by Crippen LogP contribution is 2.29. The molecule has 0 saturated carbocycles. The van der Waals surface area contributed by atoms with E-state index in [1.165, 1.54) is 5.56 Å². The van der Waals surface area contributed by atoms with Crippen LogP contribution in [-0.2, 0) is 12.2 Å². The third kappa shape index (κ3) is 6.36. The number of thioether (sulfide) groups is 1. The van der Waals surface area contributed by atoms with Crippen molar-refractivity contribution in [2.75, 3.05) is 31.1 Å². The van der Waals surface area contributed by atoms with Crippen LogP contribution in [0.25, 0.3) is 0 Å². The van der Waals surface area contributed by atoms with Crippen molar-refractivity contribution in [3.8, 4) is 0 Å². The van der Waals surface area contributed by atoms with Gasteiger partial charge in [-0.2, -0.15) is 0 Å². The number of halogens is 1. The zero-order chi connectivity index (χ0) is 24.0. The monoisotopic (exact) mass is 506 g/mol. The number of aromatic nitrogens is 2. The number of piperidine rings is 1. The van der Waals surface area contributed by atoms with Gasteiger partial charge in [0.05, 0.1) is 0 Å². The number of rotatable bonds is 7. The molecule has 2 aliphatic heterocycles. The molecule has 5 rings (SSSR count). The number of hydrogen-bond acceptors (Lipinski definition) is 5. The molecule has 2 fully saturated rings. The highest BCUT2D eigenvalue weighted by atomic mass is 35.5. The molecule has 0 bridgehead atoms. The summed E-state index contributed by atoms with van der Waals surface area (Å²) in [5.41, 5.74) is 3.32. The topological polar surface area (TPSA) is 49.3 Å². The van der Waals surface area contributed by atoms with Crippen LogP contribution in [0.15, 0.2) is 65.8 Å². The van der Waals surface area contributed by atoms with Crippen LogP contribution < -0.4 is 4.90 Å². The number of nitrogens with zero attached hydrogens (tertiary/aromatic N) is 4. The van der Waals surface area contributed by atoms with Crippen LogP contribution in [0.4, 0.5) is 5.82 Å². The first-order valence-corrected chi connectivity index (χ1v) is 13.8. The van der Waals surface area contributed by atoms with Crippen LogP contribution >= 0.6 is 23.4 Å². The van der Waals surface area contributed by atoms with Crippen LogP contribution in [-0.4, -0.2) is 47.0 Å². The fourth-order valence-electron chi connectivity index (χ4n) is 4.92. The highest BCUT2D eigenvalue weighted by Gasteiger charge is 2.22. The maximum Gasteiger partial charge on any atom is 0.253 e. The van der Waals surface area contributed by atoms with Crippen molar-refractivity contribution in [2.45, 2.75) is 43.0 Å². The van der Waals surface area contributed by atoms with Gasteiger partial charge in [-0.05, 0) is 61.3 Å². The van der Waals surface area contributed by atoms with Crippen molar-refractivity contribution < 1.29 is 4.79 Å². The average molecular weight is 507 g/mol. The van der Waals surface area contributed by atoms with Crippen molar-refractivity contribution >= 4 is 35.1 Å². The number of benzene rings is 2. The second-order valence-electron chi connectivity index (χ2n) is 9.44. The first-order valence-electron chi connectivity index (χ1n) is 12.5. The second-order valence-corrected chi connectivity index (χ2v) is 10.8. The van der Waals surface area contributed by atoms with Crippen molar-refractivity contribution in [3.05, 3.63) is 82.5 Å². The maximum atomic E-state index is 12.6. The number of carbonyl (C=O) groups is 1. The summed E-state index contributed by atoms with van der Waals surface area (Å²) < 4.78 is 0. The van der Waals surface area contributed by atoms with Crippen molar-refractivity contribution in [3.63, 3.8) is 0 Å². The molecule has 1 aromatic heterocycles. The molecule has 2 saturated heterocycles. The van der Waals surface area contributed by atoms with Gasteiger partial charge in [0.25, 0.3) is 5.91 Å². The number of anilines is 1. The smallest absolute Gasteiger partial charge is 0.253 e. The Balaban J connectivity index is 1.16. The minimum absolute atomic E-state index is 0.136. The van der Waals surface area contributed by atoms with Crippen LogP contribution in [0.2, 0.25) is 5.15 Å². The fourth-order valence-corrected chi connectivity index (χ4v) is 5.96. The third-order valence-electron chi connectivity index (χ3n) is 6.93. The Labute approximate surface area is 216 Å². The molecule has 1 amide bonds. The summed E-state index contributed by atoms with van der Waals surface area (Å²) >= 11 is 7.95. The molecule has 5 nitrogen and oxygen atoms in total. The van der Waals surface area contributed by atoms with Gasteiger partial charge in [-0.25, -0.2) is 9.97 Å². The minimum Gasteiger partial charge on any atom is -0.356 e. The standard InChI is InChI=1S/C28H31ClN4OS/c29-25-19-26(32-16-12-22(13-17-32)18-21-6-2-1-3-7-21)31-28(30-25)35-20-23-8-10-24(11-9-23)27(34)33-14-4-5-15-33/h1-3,6-11,19,22H,4-5,12-18,20H2. The molecule has 2 aliphatic rings. The summed E-state index contributed by atoms with van der Waals surface area (Å²) in [5, 5.41) is 1.17. The summed E-state index contributed by atoms with van der Waals surface area (Å²) in [6.45, 7) is 3.72. The van der Waals surface area contributed by atoms with Crippen molar-refractivity contribution in [1.82, 2.24) is 14.9 Å². The van der Waals surface area contributed by atoms with Gasteiger partial charge in [0, 0.05) is 43.6 Å². The lowest BCUT2D eigenvalue weighted by atomic mass is 9.90. The molecule has 0 atom stereocenters. The molecular formula is C28H31ClN4OS. The van der Waals surface area contributed by atoms with Crippen LogP contribution in [0.1, 0.15) is 47.2 Å². The molecule has 0 N–H and O–H groups in total. The van der Waals surface area contributed by atoms with E-state index in [4.69, 9.17) is 16.6 Å². The normalized spacial score (nSPS) is 16.6. The maximum absolute atomic E-state index is 12.6. The van der Waals surface area contributed by atoms with Crippen LogP contribution in [0, 0.1) is 5.92 Å². The van der Waals surface area contributed by atoms with Gasteiger partial charge in [0.2, 0.25) is 0 Å². The Morgan fingerprint density at radius 1 is 0.914 bits per heavy atom. The Kier molecular flexibility index (Phi) is 7.89. The Bertz CT molecular complexity index is 1130. The fraction of sp³-hybridized carbons (Fsp3) is 0.393.